The highest BCUT2D eigenvalue weighted by Gasteiger charge is 2.50. The molecule has 4 fully saturated rings. The van der Waals surface area contributed by atoms with E-state index < -0.39 is 0 Å². The van der Waals surface area contributed by atoms with Crippen molar-refractivity contribution in [1.82, 2.24) is 0 Å². The lowest BCUT2D eigenvalue weighted by atomic mass is 9.80. The van der Waals surface area contributed by atoms with Crippen molar-refractivity contribution in [1.29, 1.82) is 0 Å². The van der Waals surface area contributed by atoms with Crippen molar-refractivity contribution in [3.63, 3.8) is 0 Å². The van der Waals surface area contributed by atoms with Gasteiger partial charge in [-0.15, -0.1) is 0 Å². The Hall–Kier alpha value is -0.610. The van der Waals surface area contributed by atoms with E-state index in [-0.39, 0.29) is 11.9 Å². The monoisotopic (exact) mass is 280 g/mol. The average Bonchev–Trinajstić information content (AvgIpc) is 3.29. The van der Waals surface area contributed by atoms with E-state index in [1.807, 2.05) is 0 Å². The van der Waals surface area contributed by atoms with Gasteiger partial charge in [-0.25, -0.2) is 0 Å². The van der Waals surface area contributed by atoms with Gasteiger partial charge in [0.2, 0.25) is 0 Å². The molecule has 0 amide bonds. The Morgan fingerprint density at radius 3 is 2.30 bits per heavy atom. The van der Waals surface area contributed by atoms with Crippen molar-refractivity contribution < 1.29 is 19.0 Å². The minimum absolute atomic E-state index is 0.00233. The molecular formula is C16H24O4. The molecule has 0 aromatic carbocycles. The molecule has 0 unspecified atom stereocenters. The molecule has 4 nitrogen and oxygen atoms in total. The third-order valence-corrected chi connectivity index (χ3v) is 5.84. The molecule has 2 saturated carbocycles. The van der Waals surface area contributed by atoms with Crippen LogP contribution in [0.15, 0.2) is 0 Å². The first-order valence-electron chi connectivity index (χ1n) is 8.09. The lowest BCUT2D eigenvalue weighted by molar-refractivity contribution is -0.153. The SMILES string of the molecule is C[C@H]1C[C@H]2O[C@H]2C[C@@H]1COC(=O)[C@@H]1C[C@H]2O[C@H]2C[C@@H]1C. The van der Waals surface area contributed by atoms with Gasteiger partial charge < -0.3 is 14.2 Å². The van der Waals surface area contributed by atoms with Gasteiger partial charge in [0.1, 0.15) is 0 Å². The smallest absolute Gasteiger partial charge is 0.309 e. The molecule has 8 atom stereocenters. The lowest BCUT2D eigenvalue weighted by Gasteiger charge is -2.28. The molecule has 4 rings (SSSR count). The average molecular weight is 280 g/mol. The number of epoxide rings is 2. The first-order chi connectivity index (χ1) is 9.61. The van der Waals surface area contributed by atoms with Crippen molar-refractivity contribution >= 4 is 5.97 Å². The van der Waals surface area contributed by atoms with Crippen LogP contribution in [0.5, 0.6) is 0 Å². The fourth-order valence-electron chi connectivity index (χ4n) is 4.15. The molecular weight excluding hydrogens is 256 g/mol. The summed E-state index contributed by atoms with van der Waals surface area (Å²) >= 11 is 0. The van der Waals surface area contributed by atoms with Crippen molar-refractivity contribution in [3.8, 4) is 0 Å². The predicted octanol–water partition coefficient (Wildman–Crippen LogP) is 2.16. The largest absolute Gasteiger partial charge is 0.465 e. The van der Waals surface area contributed by atoms with Crippen LogP contribution in [-0.4, -0.2) is 37.0 Å². The Labute approximate surface area is 120 Å². The van der Waals surface area contributed by atoms with Gasteiger partial charge in [-0.05, 0) is 43.4 Å². The lowest BCUT2D eigenvalue weighted by Crippen LogP contribution is -2.33. The molecule has 0 spiro atoms. The summed E-state index contributed by atoms with van der Waals surface area (Å²) in [4.78, 5) is 12.3. The quantitative estimate of drug-likeness (QED) is 0.587. The Morgan fingerprint density at radius 1 is 0.950 bits per heavy atom. The van der Waals surface area contributed by atoms with E-state index in [1.54, 1.807) is 0 Å². The number of ether oxygens (including phenoxy) is 3. The molecule has 0 radical (unpaired) electrons. The standard InChI is InChI=1S/C16H24O4/c1-8-3-12-14(19-12)5-10(8)7-18-16(17)11-6-15-13(20-15)4-9(11)2/h8-15H,3-7H2,1-2H3/t8-,9-,10+,11+,12+,13-,14-,15+/m0/s1. The van der Waals surface area contributed by atoms with Crippen LogP contribution < -0.4 is 0 Å². The second kappa shape index (κ2) is 4.70. The molecule has 0 aromatic heterocycles. The van der Waals surface area contributed by atoms with Gasteiger partial charge in [0.25, 0.3) is 0 Å². The number of esters is 1. The highest BCUT2D eigenvalue weighted by Crippen LogP contribution is 2.44. The Balaban J connectivity index is 1.29. The maximum atomic E-state index is 12.3. The van der Waals surface area contributed by atoms with Gasteiger partial charge >= 0.3 is 5.97 Å². The molecule has 2 heterocycles. The number of carbonyl (C=O) groups excluding carboxylic acids is 1. The van der Waals surface area contributed by atoms with Crippen LogP contribution in [-0.2, 0) is 19.0 Å². The van der Waals surface area contributed by atoms with E-state index in [4.69, 9.17) is 14.2 Å². The van der Waals surface area contributed by atoms with Crippen LogP contribution >= 0.6 is 0 Å². The predicted molar refractivity (Wildman–Crippen MR) is 72.1 cm³/mol. The second-order valence-electron chi connectivity index (χ2n) is 7.32. The maximum absolute atomic E-state index is 12.3. The first-order valence-corrected chi connectivity index (χ1v) is 8.09. The maximum Gasteiger partial charge on any atom is 0.309 e. The molecule has 112 valence electrons. The molecule has 4 aliphatic rings. The molecule has 2 saturated heterocycles. The minimum atomic E-state index is -0.00233. The summed E-state index contributed by atoms with van der Waals surface area (Å²) in [5, 5.41) is 0. The molecule has 20 heavy (non-hydrogen) atoms. The topological polar surface area (TPSA) is 51.4 Å². The van der Waals surface area contributed by atoms with Crippen LogP contribution in [0.2, 0.25) is 0 Å². The van der Waals surface area contributed by atoms with E-state index in [2.05, 4.69) is 13.8 Å². The molecule has 2 aliphatic carbocycles. The van der Waals surface area contributed by atoms with Gasteiger partial charge in [0.05, 0.1) is 36.9 Å². The molecule has 0 bridgehead atoms. The van der Waals surface area contributed by atoms with Crippen molar-refractivity contribution in [2.24, 2.45) is 23.7 Å². The van der Waals surface area contributed by atoms with E-state index in [1.165, 1.54) is 0 Å². The third kappa shape index (κ3) is 2.37. The van der Waals surface area contributed by atoms with Crippen molar-refractivity contribution in [2.75, 3.05) is 6.61 Å². The summed E-state index contributed by atoms with van der Waals surface area (Å²) in [6.45, 7) is 4.97. The zero-order valence-electron chi connectivity index (χ0n) is 12.3. The molecule has 2 aliphatic heterocycles. The Kier molecular flexibility index (Phi) is 3.08. The number of rotatable bonds is 3. The van der Waals surface area contributed by atoms with Gasteiger partial charge in [-0.2, -0.15) is 0 Å². The molecule has 0 N–H and O–H groups in total. The van der Waals surface area contributed by atoms with E-state index in [0.29, 0.717) is 48.8 Å². The van der Waals surface area contributed by atoms with E-state index in [0.717, 1.165) is 25.7 Å². The number of hydrogen-bond acceptors (Lipinski definition) is 4. The van der Waals surface area contributed by atoms with Gasteiger partial charge in [-0.3, -0.25) is 4.79 Å². The summed E-state index contributed by atoms with van der Waals surface area (Å²) in [7, 11) is 0. The summed E-state index contributed by atoms with van der Waals surface area (Å²) < 4.78 is 16.8. The zero-order chi connectivity index (χ0) is 13.9. The molecule has 0 aromatic rings. The normalized spacial score (nSPS) is 52.7. The second-order valence-corrected chi connectivity index (χ2v) is 7.32. The highest BCUT2D eigenvalue weighted by atomic mass is 16.6. The van der Waals surface area contributed by atoms with Crippen molar-refractivity contribution in [3.05, 3.63) is 0 Å². The van der Waals surface area contributed by atoms with Crippen LogP contribution in [0.25, 0.3) is 0 Å². The number of carbonyl (C=O) groups is 1. The van der Waals surface area contributed by atoms with Crippen molar-refractivity contribution in [2.45, 2.75) is 63.9 Å². The van der Waals surface area contributed by atoms with Crippen LogP contribution in [0.4, 0.5) is 0 Å². The van der Waals surface area contributed by atoms with Gasteiger partial charge in [-0.1, -0.05) is 13.8 Å². The fraction of sp³-hybridized carbons (Fsp3) is 0.938. The van der Waals surface area contributed by atoms with Crippen LogP contribution in [0.3, 0.4) is 0 Å². The van der Waals surface area contributed by atoms with E-state index in [9.17, 15) is 4.79 Å². The minimum Gasteiger partial charge on any atom is -0.465 e. The van der Waals surface area contributed by atoms with Crippen LogP contribution in [0, 0.1) is 23.7 Å². The fourth-order valence-corrected chi connectivity index (χ4v) is 4.15. The summed E-state index contributed by atoms with van der Waals surface area (Å²) in [5.41, 5.74) is 0. The van der Waals surface area contributed by atoms with Crippen LogP contribution in [0.1, 0.15) is 39.5 Å². The summed E-state index contributed by atoms with van der Waals surface area (Å²) in [6, 6.07) is 0. The Bertz CT molecular complexity index is 409. The first kappa shape index (κ1) is 13.1. The van der Waals surface area contributed by atoms with Gasteiger partial charge in [0.15, 0.2) is 0 Å². The third-order valence-electron chi connectivity index (χ3n) is 5.84. The zero-order valence-corrected chi connectivity index (χ0v) is 12.3. The summed E-state index contributed by atoms with van der Waals surface area (Å²) in [6.07, 6.45) is 5.77. The number of hydrogen-bond donors (Lipinski definition) is 0. The molecule has 4 heteroatoms. The van der Waals surface area contributed by atoms with Gasteiger partial charge in [0, 0.05) is 0 Å². The Morgan fingerprint density at radius 2 is 1.55 bits per heavy atom. The number of fused-ring (bicyclic) bond motifs is 2. The highest BCUT2D eigenvalue weighted by molar-refractivity contribution is 5.73. The summed E-state index contributed by atoms with van der Waals surface area (Å²) in [5.74, 6) is 1.52. The van der Waals surface area contributed by atoms with E-state index >= 15 is 0 Å².